The average molecular weight is 214 g/mol. The van der Waals surface area contributed by atoms with Crippen LogP contribution in [0.15, 0.2) is 11.6 Å². The first kappa shape index (κ1) is 10.5. The van der Waals surface area contributed by atoms with E-state index in [1.165, 1.54) is 6.42 Å². The molecule has 83 valence electrons. The van der Waals surface area contributed by atoms with Crippen LogP contribution >= 0.6 is 0 Å². The van der Waals surface area contributed by atoms with Gasteiger partial charge in [0.25, 0.3) is 0 Å². The quantitative estimate of drug-likeness (QED) is 0.620. The highest BCUT2D eigenvalue weighted by atomic mass is 16.1. The molecule has 0 spiro atoms. The molecule has 2 saturated heterocycles. The summed E-state index contributed by atoms with van der Waals surface area (Å²) < 4.78 is 0. The first-order chi connectivity index (χ1) is 7.75. The van der Waals surface area contributed by atoms with Gasteiger partial charge in [0, 0.05) is 30.0 Å². The van der Waals surface area contributed by atoms with Crippen molar-refractivity contribution >= 4 is 5.78 Å². The molecule has 0 N–H and O–H groups in total. The summed E-state index contributed by atoms with van der Waals surface area (Å²) in [5.41, 5.74) is 1.02. The standard InChI is InChI=1S/C14H16NO/c1-15-11-6-7-13(15)12(14(16)9-11)8-10-4-2-3-5-10/h2-5,8,11,13H,6-7,9H2,1H3/b12-8+. The van der Waals surface area contributed by atoms with E-state index in [9.17, 15) is 4.79 Å². The summed E-state index contributed by atoms with van der Waals surface area (Å²) >= 11 is 0. The molecule has 3 aliphatic rings. The lowest BCUT2D eigenvalue weighted by atomic mass is 9.91. The van der Waals surface area contributed by atoms with E-state index in [1.54, 1.807) is 0 Å². The SMILES string of the molecule is CN1C2CCC1/C(=C\[C]1[CH][CH][CH][CH]1)C(=O)C2. The van der Waals surface area contributed by atoms with E-state index in [2.05, 4.69) is 30.9 Å². The van der Waals surface area contributed by atoms with Gasteiger partial charge in [0.15, 0.2) is 5.78 Å². The fourth-order valence-electron chi connectivity index (χ4n) is 2.99. The molecule has 2 nitrogen and oxygen atoms in total. The predicted octanol–water partition coefficient (Wildman–Crippen LogP) is 1.75. The van der Waals surface area contributed by atoms with Crippen molar-refractivity contribution in [1.29, 1.82) is 0 Å². The first-order valence-electron chi connectivity index (χ1n) is 5.94. The van der Waals surface area contributed by atoms with Crippen LogP contribution in [0.4, 0.5) is 0 Å². The Balaban J connectivity index is 1.84. The molecule has 2 bridgehead atoms. The molecule has 16 heavy (non-hydrogen) atoms. The summed E-state index contributed by atoms with van der Waals surface area (Å²) in [6, 6.07) is 0.857. The summed E-state index contributed by atoms with van der Waals surface area (Å²) in [6.45, 7) is 0. The van der Waals surface area contributed by atoms with Gasteiger partial charge in [0.05, 0.1) is 0 Å². The summed E-state index contributed by atoms with van der Waals surface area (Å²) in [5.74, 6) is 1.51. The molecule has 2 unspecified atom stereocenters. The number of nitrogens with zero attached hydrogens (tertiary/aromatic N) is 1. The molecular weight excluding hydrogens is 198 g/mol. The molecule has 2 atom stereocenters. The first-order valence-corrected chi connectivity index (χ1v) is 5.94. The van der Waals surface area contributed by atoms with E-state index in [1.807, 2.05) is 12.8 Å². The second-order valence-corrected chi connectivity index (χ2v) is 4.86. The lowest BCUT2D eigenvalue weighted by Gasteiger charge is -2.32. The monoisotopic (exact) mass is 214 g/mol. The smallest absolute Gasteiger partial charge is 0.161 e. The van der Waals surface area contributed by atoms with Crippen LogP contribution in [-0.2, 0) is 4.79 Å². The van der Waals surface area contributed by atoms with Crippen LogP contribution in [0.25, 0.3) is 0 Å². The Kier molecular flexibility index (Phi) is 2.62. The second-order valence-electron chi connectivity index (χ2n) is 4.86. The van der Waals surface area contributed by atoms with Crippen LogP contribution in [0.3, 0.4) is 0 Å². The third-order valence-corrected chi connectivity index (χ3v) is 3.95. The highest BCUT2D eigenvalue weighted by molar-refractivity contribution is 5.98. The van der Waals surface area contributed by atoms with E-state index in [0.717, 1.165) is 17.9 Å². The van der Waals surface area contributed by atoms with E-state index < -0.39 is 0 Å². The average Bonchev–Trinajstić information content (AvgIpc) is 2.83. The Bertz CT molecular complexity index is 328. The highest BCUT2D eigenvalue weighted by Crippen LogP contribution is 2.37. The lowest BCUT2D eigenvalue weighted by molar-refractivity contribution is -0.118. The van der Waals surface area contributed by atoms with Gasteiger partial charge < -0.3 is 0 Å². The number of fused-ring (bicyclic) bond motifs is 2. The minimum Gasteiger partial charge on any atom is -0.296 e. The van der Waals surface area contributed by atoms with Gasteiger partial charge in [-0.05, 0) is 45.6 Å². The zero-order valence-corrected chi connectivity index (χ0v) is 9.52. The largest absolute Gasteiger partial charge is 0.296 e. The fraction of sp³-hybridized carbons (Fsp3) is 0.429. The Morgan fingerprint density at radius 1 is 1.31 bits per heavy atom. The van der Waals surface area contributed by atoms with Gasteiger partial charge in [-0.2, -0.15) is 0 Å². The number of Topliss-reactive ketones (excluding diaryl/α,β-unsaturated/α-hetero) is 1. The van der Waals surface area contributed by atoms with Crippen molar-refractivity contribution in [2.45, 2.75) is 31.3 Å². The van der Waals surface area contributed by atoms with Gasteiger partial charge in [-0.25, -0.2) is 0 Å². The van der Waals surface area contributed by atoms with Crippen molar-refractivity contribution in [3.05, 3.63) is 43.3 Å². The van der Waals surface area contributed by atoms with Gasteiger partial charge in [0.1, 0.15) is 0 Å². The maximum absolute atomic E-state index is 12.0. The third-order valence-electron chi connectivity index (χ3n) is 3.95. The zero-order valence-electron chi connectivity index (χ0n) is 9.52. The van der Waals surface area contributed by atoms with Crippen molar-refractivity contribution in [3.63, 3.8) is 0 Å². The van der Waals surface area contributed by atoms with Gasteiger partial charge >= 0.3 is 0 Å². The maximum atomic E-state index is 12.0. The van der Waals surface area contributed by atoms with Crippen LogP contribution < -0.4 is 0 Å². The van der Waals surface area contributed by atoms with Crippen LogP contribution in [0.5, 0.6) is 0 Å². The summed E-state index contributed by atoms with van der Waals surface area (Å²) in [7, 11) is 2.15. The molecule has 1 saturated carbocycles. The number of hydrogen-bond acceptors (Lipinski definition) is 2. The molecule has 0 aromatic rings. The lowest BCUT2D eigenvalue weighted by Crippen LogP contribution is -2.42. The molecule has 0 aromatic heterocycles. The maximum Gasteiger partial charge on any atom is 0.161 e. The van der Waals surface area contributed by atoms with Gasteiger partial charge in [-0.3, -0.25) is 9.69 Å². The molecule has 2 heterocycles. The van der Waals surface area contributed by atoms with Crippen LogP contribution in [0.2, 0.25) is 0 Å². The van der Waals surface area contributed by atoms with Crippen molar-refractivity contribution in [3.8, 4) is 0 Å². The van der Waals surface area contributed by atoms with E-state index in [-0.39, 0.29) is 0 Å². The molecule has 2 aliphatic heterocycles. The molecule has 0 aromatic carbocycles. The number of likely N-dealkylation sites (N-methyl/N-ethyl adjacent to an activating group) is 1. The fourth-order valence-corrected chi connectivity index (χ4v) is 2.99. The summed E-state index contributed by atoms with van der Waals surface area (Å²) in [6.07, 6.45) is 13.2. The molecule has 1 aliphatic carbocycles. The van der Waals surface area contributed by atoms with Crippen LogP contribution in [-0.4, -0.2) is 29.8 Å². The Hall–Kier alpha value is -0.630. The van der Waals surface area contributed by atoms with E-state index >= 15 is 0 Å². The molecule has 3 rings (SSSR count). The minimum atomic E-state index is 0.354. The number of carbonyl (C=O) groups excluding carboxylic acids is 1. The molecular formula is C14H16NO. The van der Waals surface area contributed by atoms with E-state index in [4.69, 9.17) is 0 Å². The van der Waals surface area contributed by atoms with Crippen molar-refractivity contribution in [1.82, 2.24) is 4.90 Å². The van der Waals surface area contributed by atoms with Gasteiger partial charge in [0.2, 0.25) is 0 Å². The molecule has 5 radical (unpaired) electrons. The number of carbonyl (C=O) groups is 1. The number of allylic oxidation sites excluding steroid dienone is 1. The number of ketones is 1. The zero-order chi connectivity index (χ0) is 11.1. The number of hydrogen-bond donors (Lipinski definition) is 0. The normalized spacial score (nSPS) is 38.8. The summed E-state index contributed by atoms with van der Waals surface area (Å²) in [5, 5.41) is 0. The topological polar surface area (TPSA) is 20.3 Å². The molecule has 3 fully saturated rings. The number of piperidine rings is 1. The summed E-state index contributed by atoms with van der Waals surface area (Å²) in [4.78, 5) is 14.4. The van der Waals surface area contributed by atoms with Crippen molar-refractivity contribution in [2.75, 3.05) is 7.05 Å². The number of rotatable bonds is 1. The van der Waals surface area contributed by atoms with Crippen molar-refractivity contribution < 1.29 is 4.79 Å². The van der Waals surface area contributed by atoms with Crippen LogP contribution in [0, 0.1) is 31.6 Å². The predicted molar refractivity (Wildman–Crippen MR) is 62.7 cm³/mol. The van der Waals surface area contributed by atoms with Gasteiger partial charge in [-0.15, -0.1) is 0 Å². The second kappa shape index (κ2) is 3.99. The minimum absolute atomic E-state index is 0.354. The Labute approximate surface area is 97.7 Å². The third kappa shape index (κ3) is 1.64. The molecule has 0 amide bonds. The molecule has 2 heteroatoms. The van der Waals surface area contributed by atoms with Crippen LogP contribution in [0.1, 0.15) is 19.3 Å². The van der Waals surface area contributed by atoms with Gasteiger partial charge in [-0.1, -0.05) is 6.08 Å². The Morgan fingerprint density at radius 2 is 2.06 bits per heavy atom. The van der Waals surface area contributed by atoms with E-state index in [0.29, 0.717) is 24.3 Å². The Morgan fingerprint density at radius 3 is 2.81 bits per heavy atom. The van der Waals surface area contributed by atoms with Crippen molar-refractivity contribution in [2.24, 2.45) is 0 Å². The highest BCUT2D eigenvalue weighted by Gasteiger charge is 2.41.